The molecule has 0 aliphatic heterocycles. The van der Waals surface area contributed by atoms with Crippen molar-refractivity contribution < 1.29 is 10.0 Å². The molecule has 2 aliphatic carbocycles. The molecule has 4 heteroatoms. The van der Waals surface area contributed by atoms with E-state index >= 15 is 0 Å². The van der Waals surface area contributed by atoms with Crippen LogP contribution in [0.1, 0.15) is 84.0 Å². The quantitative estimate of drug-likeness (QED) is 0.354. The fraction of sp³-hybridized carbons (Fsp3) is 0.889. The van der Waals surface area contributed by atoms with Crippen LogP contribution >= 0.6 is 0 Å². The third kappa shape index (κ3) is 5.29. The third-order valence-corrected chi connectivity index (χ3v) is 5.54. The van der Waals surface area contributed by atoms with E-state index < -0.39 is 0 Å². The lowest BCUT2D eigenvalue weighted by atomic mass is 9.93. The van der Waals surface area contributed by atoms with E-state index in [1.165, 1.54) is 32.1 Å². The highest BCUT2D eigenvalue weighted by Gasteiger charge is 2.26. The molecule has 2 atom stereocenters. The summed E-state index contributed by atoms with van der Waals surface area (Å²) in [6.07, 6.45) is 13.8. The van der Waals surface area contributed by atoms with Crippen LogP contribution in [0.2, 0.25) is 0 Å². The highest BCUT2D eigenvalue weighted by atomic mass is 16.4. The third-order valence-electron chi connectivity index (χ3n) is 5.54. The molecule has 4 nitrogen and oxygen atoms in total. The average molecular weight is 308 g/mol. The van der Waals surface area contributed by atoms with Crippen LogP contribution in [0.5, 0.6) is 0 Å². The molecule has 0 radical (unpaired) electrons. The Labute approximate surface area is 134 Å². The molecule has 22 heavy (non-hydrogen) atoms. The number of hydrogen-bond acceptors (Lipinski definition) is 3. The van der Waals surface area contributed by atoms with Gasteiger partial charge < -0.3 is 10.5 Å². The maximum atomic E-state index is 12.6. The van der Waals surface area contributed by atoms with Crippen molar-refractivity contribution >= 4 is 11.6 Å². The van der Waals surface area contributed by atoms with E-state index in [1.807, 2.05) is 6.92 Å². The summed E-state index contributed by atoms with van der Waals surface area (Å²) < 4.78 is 0. The lowest BCUT2D eigenvalue weighted by Gasteiger charge is -2.23. The highest BCUT2D eigenvalue weighted by molar-refractivity contribution is 5.84. The van der Waals surface area contributed by atoms with Crippen molar-refractivity contribution in [1.82, 2.24) is 5.32 Å². The molecule has 0 aromatic heterocycles. The Bertz CT molecular complexity index is 373. The molecule has 0 bridgehead atoms. The fourth-order valence-electron chi connectivity index (χ4n) is 3.98. The second-order valence-corrected chi connectivity index (χ2v) is 7.19. The van der Waals surface area contributed by atoms with Gasteiger partial charge in [-0.2, -0.15) is 0 Å². The second-order valence-electron chi connectivity index (χ2n) is 7.19. The van der Waals surface area contributed by atoms with Gasteiger partial charge in [-0.15, -0.1) is 0 Å². The molecule has 0 heterocycles. The number of amides is 1. The summed E-state index contributed by atoms with van der Waals surface area (Å²) in [6.45, 7) is 1.89. The molecule has 0 aromatic rings. The van der Waals surface area contributed by atoms with E-state index in [4.69, 9.17) is 5.21 Å². The number of carbonyl (C=O) groups is 1. The number of hydrogen-bond donors (Lipinski definition) is 2. The van der Waals surface area contributed by atoms with Crippen LogP contribution < -0.4 is 5.32 Å². The minimum Gasteiger partial charge on any atom is -0.411 e. The van der Waals surface area contributed by atoms with E-state index in [2.05, 4.69) is 10.5 Å². The summed E-state index contributed by atoms with van der Waals surface area (Å²) in [6, 6.07) is 0.396. The van der Waals surface area contributed by atoms with Gasteiger partial charge in [0.05, 0.1) is 5.71 Å². The lowest BCUT2D eigenvalue weighted by Crippen LogP contribution is -2.39. The van der Waals surface area contributed by atoms with Crippen molar-refractivity contribution in [3.63, 3.8) is 0 Å². The van der Waals surface area contributed by atoms with Crippen LogP contribution in [-0.4, -0.2) is 22.9 Å². The zero-order valence-electron chi connectivity index (χ0n) is 14.0. The first kappa shape index (κ1) is 17.3. The molecule has 0 spiro atoms. The lowest BCUT2D eigenvalue weighted by molar-refractivity contribution is -0.126. The van der Waals surface area contributed by atoms with E-state index in [-0.39, 0.29) is 11.8 Å². The van der Waals surface area contributed by atoms with Crippen LogP contribution in [0.4, 0.5) is 0 Å². The first-order valence-electron chi connectivity index (χ1n) is 9.19. The average Bonchev–Trinajstić information content (AvgIpc) is 2.75. The SMILES string of the molecule is C/C(=N\O)C1CCCC(C(=O)NC2CCCCCCC2)CC1. The summed E-state index contributed by atoms with van der Waals surface area (Å²) >= 11 is 0. The van der Waals surface area contributed by atoms with Crippen molar-refractivity contribution in [2.75, 3.05) is 0 Å². The van der Waals surface area contributed by atoms with Crippen LogP contribution in [-0.2, 0) is 4.79 Å². The number of carbonyl (C=O) groups excluding carboxylic acids is 1. The van der Waals surface area contributed by atoms with Crippen molar-refractivity contribution in [3.8, 4) is 0 Å². The van der Waals surface area contributed by atoms with Gasteiger partial charge in [-0.3, -0.25) is 4.79 Å². The van der Waals surface area contributed by atoms with Gasteiger partial charge in [-0.1, -0.05) is 43.7 Å². The van der Waals surface area contributed by atoms with Gasteiger partial charge in [0, 0.05) is 17.9 Å². The predicted octanol–water partition coefficient (Wildman–Crippen LogP) is 4.26. The van der Waals surface area contributed by atoms with Crippen LogP contribution in [0.3, 0.4) is 0 Å². The molecule has 0 aromatic carbocycles. The summed E-state index contributed by atoms with van der Waals surface area (Å²) in [7, 11) is 0. The minimum atomic E-state index is 0.155. The zero-order chi connectivity index (χ0) is 15.8. The van der Waals surface area contributed by atoms with Crippen molar-refractivity contribution in [2.45, 2.75) is 90.0 Å². The van der Waals surface area contributed by atoms with Crippen LogP contribution in [0, 0.1) is 11.8 Å². The Hall–Kier alpha value is -1.06. The molecule has 2 unspecified atom stereocenters. The summed E-state index contributed by atoms with van der Waals surface area (Å²) in [5, 5.41) is 15.6. The molecular weight excluding hydrogens is 276 g/mol. The van der Waals surface area contributed by atoms with Gasteiger partial charge in [0.25, 0.3) is 0 Å². The summed E-state index contributed by atoms with van der Waals surface area (Å²) in [5.74, 6) is 0.774. The van der Waals surface area contributed by atoms with Crippen molar-refractivity contribution in [3.05, 3.63) is 0 Å². The molecule has 2 N–H and O–H groups in total. The largest absolute Gasteiger partial charge is 0.411 e. The number of nitrogens with one attached hydrogen (secondary N) is 1. The zero-order valence-corrected chi connectivity index (χ0v) is 14.0. The van der Waals surface area contributed by atoms with E-state index in [1.54, 1.807) is 0 Å². The predicted molar refractivity (Wildman–Crippen MR) is 89.2 cm³/mol. The molecule has 2 aliphatic rings. The molecule has 1 amide bonds. The first-order chi connectivity index (χ1) is 10.7. The molecule has 0 saturated heterocycles. The number of nitrogens with zero attached hydrogens (tertiary/aromatic N) is 1. The Morgan fingerprint density at radius 1 is 0.864 bits per heavy atom. The van der Waals surface area contributed by atoms with E-state index in [9.17, 15) is 4.79 Å². The van der Waals surface area contributed by atoms with Gasteiger partial charge >= 0.3 is 0 Å². The molecule has 2 saturated carbocycles. The maximum Gasteiger partial charge on any atom is 0.223 e. The second kappa shape index (κ2) is 9.16. The summed E-state index contributed by atoms with van der Waals surface area (Å²) in [4.78, 5) is 12.6. The van der Waals surface area contributed by atoms with Crippen LogP contribution in [0.15, 0.2) is 5.16 Å². The standard InChI is InChI=1S/C18H32N2O2/c1-14(20-22)15-8-7-9-16(13-12-15)18(21)19-17-10-5-3-2-4-6-11-17/h15-17,22H,2-13H2,1H3,(H,19,21)/b20-14+. The summed E-state index contributed by atoms with van der Waals surface area (Å²) in [5.41, 5.74) is 0.820. The normalized spacial score (nSPS) is 29.2. The smallest absolute Gasteiger partial charge is 0.223 e. The highest BCUT2D eigenvalue weighted by Crippen LogP contribution is 2.29. The molecule has 2 rings (SSSR count). The van der Waals surface area contributed by atoms with E-state index in [0.29, 0.717) is 12.0 Å². The van der Waals surface area contributed by atoms with Crippen molar-refractivity contribution in [1.29, 1.82) is 0 Å². The van der Waals surface area contributed by atoms with Gasteiger partial charge in [-0.05, 0) is 45.4 Å². The Morgan fingerprint density at radius 3 is 2.14 bits per heavy atom. The monoisotopic (exact) mass is 308 g/mol. The topological polar surface area (TPSA) is 61.7 Å². The molecular formula is C18H32N2O2. The Balaban J connectivity index is 1.81. The fourth-order valence-corrected chi connectivity index (χ4v) is 3.98. The van der Waals surface area contributed by atoms with Crippen LogP contribution in [0.25, 0.3) is 0 Å². The van der Waals surface area contributed by atoms with Gasteiger partial charge in [0.2, 0.25) is 5.91 Å². The molecule has 2 fully saturated rings. The Morgan fingerprint density at radius 2 is 1.45 bits per heavy atom. The van der Waals surface area contributed by atoms with Gasteiger partial charge in [0.15, 0.2) is 0 Å². The maximum absolute atomic E-state index is 12.6. The Kier molecular flexibility index (Phi) is 7.20. The van der Waals surface area contributed by atoms with Gasteiger partial charge in [-0.25, -0.2) is 0 Å². The van der Waals surface area contributed by atoms with Gasteiger partial charge in [0.1, 0.15) is 0 Å². The van der Waals surface area contributed by atoms with Crippen molar-refractivity contribution in [2.24, 2.45) is 17.0 Å². The first-order valence-corrected chi connectivity index (χ1v) is 9.19. The number of oxime groups is 1. The molecule has 126 valence electrons. The van der Waals surface area contributed by atoms with E-state index in [0.717, 1.165) is 50.7 Å². The minimum absolute atomic E-state index is 0.155. The number of rotatable bonds is 3.